The highest BCUT2D eigenvalue weighted by Gasteiger charge is 2.47. The molecule has 0 spiro atoms. The van der Waals surface area contributed by atoms with Crippen LogP contribution in [0.1, 0.15) is 42.5 Å². The molecule has 3 aromatic heterocycles. The van der Waals surface area contributed by atoms with E-state index in [1.807, 2.05) is 23.1 Å². The van der Waals surface area contributed by atoms with Gasteiger partial charge in [0.25, 0.3) is 5.91 Å². The van der Waals surface area contributed by atoms with E-state index in [4.69, 9.17) is 15.5 Å². The molecule has 0 radical (unpaired) electrons. The lowest BCUT2D eigenvalue weighted by Gasteiger charge is -2.27. The van der Waals surface area contributed by atoms with Gasteiger partial charge in [-0.1, -0.05) is 18.2 Å². The minimum absolute atomic E-state index is 0.0242. The molecule has 2 aliphatic heterocycles. The van der Waals surface area contributed by atoms with Crippen LogP contribution in [0.2, 0.25) is 0 Å². The zero-order valence-corrected chi connectivity index (χ0v) is 26.3. The minimum atomic E-state index is 0.0242. The Bertz CT molecular complexity index is 1950. The number of methoxy groups -OCH3 is 1. The van der Waals surface area contributed by atoms with Crippen molar-refractivity contribution in [3.63, 3.8) is 0 Å². The van der Waals surface area contributed by atoms with Crippen LogP contribution in [0.5, 0.6) is 5.75 Å². The Labute approximate surface area is 268 Å². The first-order chi connectivity index (χ1) is 22.6. The quantitative estimate of drug-likeness (QED) is 0.263. The number of hydrogen-bond donors (Lipinski definition) is 1. The first-order valence-corrected chi connectivity index (χ1v) is 16.8. The van der Waals surface area contributed by atoms with Crippen molar-refractivity contribution in [1.82, 2.24) is 29.0 Å². The summed E-state index contributed by atoms with van der Waals surface area (Å²) in [5.74, 6) is 3.87. The van der Waals surface area contributed by atoms with E-state index in [0.29, 0.717) is 29.1 Å². The molecule has 10 heteroatoms. The van der Waals surface area contributed by atoms with Crippen molar-refractivity contribution in [1.29, 1.82) is 0 Å². The van der Waals surface area contributed by atoms with Crippen molar-refractivity contribution < 1.29 is 9.53 Å². The molecule has 2 aromatic carbocycles. The van der Waals surface area contributed by atoms with Crippen molar-refractivity contribution in [3.8, 4) is 17.3 Å². The average Bonchev–Trinajstić information content (AvgIpc) is 3.40. The van der Waals surface area contributed by atoms with E-state index in [1.165, 1.54) is 23.7 Å². The topological polar surface area (TPSA) is 107 Å². The largest absolute Gasteiger partial charge is 0.494 e. The number of rotatable bonds is 8. The second-order valence-electron chi connectivity index (χ2n) is 13.8. The molecule has 2 aliphatic carbocycles. The van der Waals surface area contributed by atoms with Gasteiger partial charge in [0.2, 0.25) is 5.95 Å². The Kier molecular flexibility index (Phi) is 6.55. The number of nitrogens with two attached hydrogens (primary N) is 1. The van der Waals surface area contributed by atoms with Crippen LogP contribution >= 0.6 is 0 Å². The number of carbonyl (C=O) groups is 1. The lowest BCUT2D eigenvalue weighted by Crippen LogP contribution is -2.41. The number of benzene rings is 2. The Morgan fingerprint density at radius 3 is 2.52 bits per heavy atom. The highest BCUT2D eigenvalue weighted by molar-refractivity contribution is 6.00. The summed E-state index contributed by atoms with van der Waals surface area (Å²) < 4.78 is 10.9. The van der Waals surface area contributed by atoms with Gasteiger partial charge in [0, 0.05) is 73.7 Å². The molecule has 2 bridgehead atoms. The molecule has 2 saturated carbocycles. The number of imidazole rings is 1. The first kappa shape index (κ1) is 27.8. The van der Waals surface area contributed by atoms with Crippen LogP contribution in [0.4, 0.5) is 5.95 Å². The maximum absolute atomic E-state index is 14.0. The predicted octanol–water partition coefficient (Wildman–Crippen LogP) is 4.95. The summed E-state index contributed by atoms with van der Waals surface area (Å²) in [4.78, 5) is 32.6. The number of aromatic nitrogens is 5. The smallest absolute Gasteiger partial charge is 0.254 e. The van der Waals surface area contributed by atoms with Crippen molar-refractivity contribution in [2.75, 3.05) is 31.6 Å². The Morgan fingerprint density at radius 1 is 0.935 bits per heavy atom. The summed E-state index contributed by atoms with van der Waals surface area (Å²) in [6, 6.07) is 16.9. The second kappa shape index (κ2) is 10.8. The standard InChI is InChI=1S/C36H40N8O2/c1-46-31-17-26(35(45)43-21-25-9-10-29(43)32(25)37)15-27-33(31)44(20-23-11-14-41(18-23)36-38-12-4-13-39-36)34(40-27)30-16-24-5-2-3-6-28(24)42(30)19-22-7-8-22/h2-6,12-13,15-17,22-23,25,29,32H,7-11,14,18-21,37H2,1H3/t23-,25?,29?,32+/m0/s1. The lowest BCUT2D eigenvalue weighted by atomic mass is 10.1. The van der Waals surface area contributed by atoms with E-state index in [0.717, 1.165) is 80.5 Å². The average molecular weight is 617 g/mol. The number of para-hydroxylation sites is 1. The molecule has 2 N–H and O–H groups in total. The van der Waals surface area contributed by atoms with Crippen LogP contribution in [0, 0.1) is 17.8 Å². The number of fused-ring (bicyclic) bond motifs is 4. The molecule has 5 aromatic rings. The molecule has 1 amide bonds. The fourth-order valence-electron chi connectivity index (χ4n) is 8.36. The van der Waals surface area contributed by atoms with Crippen LogP contribution in [0.15, 0.2) is 60.9 Å². The molecule has 5 heterocycles. The summed E-state index contributed by atoms with van der Waals surface area (Å²) in [6.45, 7) is 4.26. The van der Waals surface area contributed by atoms with Crippen LogP contribution < -0.4 is 15.4 Å². The van der Waals surface area contributed by atoms with Gasteiger partial charge in [-0.25, -0.2) is 15.0 Å². The van der Waals surface area contributed by atoms with Crippen molar-refractivity contribution >= 4 is 33.8 Å². The van der Waals surface area contributed by atoms with E-state index in [-0.39, 0.29) is 18.0 Å². The minimum Gasteiger partial charge on any atom is -0.494 e. The highest BCUT2D eigenvalue weighted by atomic mass is 16.5. The molecule has 2 unspecified atom stereocenters. The number of hydrogen-bond acceptors (Lipinski definition) is 7. The number of anilines is 1. The van der Waals surface area contributed by atoms with Crippen LogP contribution in [-0.2, 0) is 13.1 Å². The van der Waals surface area contributed by atoms with Crippen LogP contribution in [0.25, 0.3) is 33.5 Å². The second-order valence-corrected chi connectivity index (χ2v) is 13.8. The van der Waals surface area contributed by atoms with Crippen LogP contribution in [0.3, 0.4) is 0 Å². The van der Waals surface area contributed by atoms with Gasteiger partial charge in [0.05, 0.1) is 18.3 Å². The van der Waals surface area contributed by atoms with E-state index >= 15 is 0 Å². The van der Waals surface area contributed by atoms with E-state index in [9.17, 15) is 4.79 Å². The number of piperidine rings is 1. The van der Waals surface area contributed by atoms with Gasteiger partial charge >= 0.3 is 0 Å². The number of ether oxygens (including phenoxy) is 1. The number of likely N-dealkylation sites (tertiary alicyclic amines) is 1. The van der Waals surface area contributed by atoms with Gasteiger partial charge in [0.1, 0.15) is 11.3 Å². The molecule has 46 heavy (non-hydrogen) atoms. The number of carbonyl (C=O) groups excluding carboxylic acids is 1. The van der Waals surface area contributed by atoms with Crippen molar-refractivity contribution in [2.45, 2.75) is 57.3 Å². The Morgan fingerprint density at radius 2 is 1.76 bits per heavy atom. The molecule has 236 valence electrons. The third-order valence-electron chi connectivity index (χ3n) is 10.9. The SMILES string of the molecule is COc1cc(C(=O)N2CC3CCC2[C@@H]3N)cc2nc(-c3cc4ccccc4n3CC3CC3)n(C[C@H]3CCN(c4ncccn4)C3)c12. The zero-order chi connectivity index (χ0) is 30.9. The molecule has 4 fully saturated rings. The van der Waals surface area contributed by atoms with Gasteiger partial charge in [-0.3, -0.25) is 4.79 Å². The Balaban J connectivity index is 1.16. The molecule has 10 nitrogen and oxygen atoms in total. The fourth-order valence-corrected chi connectivity index (χ4v) is 8.36. The summed E-state index contributed by atoms with van der Waals surface area (Å²) in [5, 5.41) is 1.22. The van der Waals surface area contributed by atoms with Crippen molar-refractivity contribution in [3.05, 3.63) is 66.5 Å². The maximum Gasteiger partial charge on any atom is 0.254 e. The molecule has 4 aliphatic rings. The Hall–Kier alpha value is -4.44. The normalized spacial score (nSPS) is 24.1. The third-order valence-corrected chi connectivity index (χ3v) is 10.9. The predicted molar refractivity (Wildman–Crippen MR) is 178 cm³/mol. The number of nitrogens with zero attached hydrogens (tertiary/aromatic N) is 7. The summed E-state index contributed by atoms with van der Waals surface area (Å²) in [6.07, 6.45) is 9.26. The molecular weight excluding hydrogens is 576 g/mol. The first-order valence-electron chi connectivity index (χ1n) is 16.8. The van der Waals surface area contributed by atoms with E-state index in [1.54, 1.807) is 19.5 Å². The van der Waals surface area contributed by atoms with Gasteiger partial charge in [-0.05, 0) is 80.2 Å². The van der Waals surface area contributed by atoms with Gasteiger partial charge in [-0.2, -0.15) is 0 Å². The third kappa shape index (κ3) is 4.56. The fraction of sp³-hybridized carbons (Fsp3) is 0.444. The van der Waals surface area contributed by atoms with E-state index < -0.39 is 0 Å². The highest BCUT2D eigenvalue weighted by Crippen LogP contribution is 2.41. The van der Waals surface area contributed by atoms with Gasteiger partial charge in [-0.15, -0.1) is 0 Å². The van der Waals surface area contributed by atoms with Gasteiger partial charge in [0.15, 0.2) is 5.82 Å². The molecule has 9 rings (SSSR count). The number of amides is 1. The lowest BCUT2D eigenvalue weighted by molar-refractivity contribution is 0.0700. The van der Waals surface area contributed by atoms with Gasteiger partial charge < -0.3 is 29.4 Å². The molecular formula is C36H40N8O2. The zero-order valence-electron chi connectivity index (χ0n) is 26.3. The van der Waals surface area contributed by atoms with Crippen LogP contribution in [-0.4, -0.2) is 73.7 Å². The monoisotopic (exact) mass is 616 g/mol. The van der Waals surface area contributed by atoms with Crippen molar-refractivity contribution in [2.24, 2.45) is 23.5 Å². The molecule has 2 saturated heterocycles. The summed E-state index contributed by atoms with van der Waals surface area (Å²) in [5.41, 5.74) is 11.2. The summed E-state index contributed by atoms with van der Waals surface area (Å²) >= 11 is 0. The van der Waals surface area contributed by atoms with E-state index in [2.05, 4.69) is 54.3 Å². The summed E-state index contributed by atoms with van der Waals surface area (Å²) in [7, 11) is 1.70. The molecule has 4 atom stereocenters. The maximum atomic E-state index is 14.0.